The summed E-state index contributed by atoms with van der Waals surface area (Å²) in [6.07, 6.45) is 0.876. The number of nitrogens with zero attached hydrogens (tertiary/aromatic N) is 1. The number of hydrogen-bond acceptors (Lipinski definition) is 2. The van der Waals surface area contributed by atoms with Crippen LogP contribution in [-0.2, 0) is 17.6 Å². The van der Waals surface area contributed by atoms with Crippen LogP contribution in [-0.4, -0.2) is 25.0 Å². The van der Waals surface area contributed by atoms with Gasteiger partial charge in [-0.15, -0.1) is 0 Å². The summed E-state index contributed by atoms with van der Waals surface area (Å²) in [5.41, 5.74) is 8.62. The second kappa shape index (κ2) is 6.94. The summed E-state index contributed by atoms with van der Waals surface area (Å²) in [5.74, 6) is -0.228. The van der Waals surface area contributed by atoms with E-state index < -0.39 is 12.1 Å². The topological polar surface area (TPSA) is 75.4 Å². The lowest BCUT2D eigenvalue weighted by molar-refractivity contribution is -0.120. The molecule has 2 aromatic carbocycles. The molecular weight excluding hydrogens is 361 g/mol. The van der Waals surface area contributed by atoms with Crippen molar-refractivity contribution in [2.24, 2.45) is 5.73 Å². The zero-order valence-corrected chi connectivity index (χ0v) is 15.1. The number of rotatable bonds is 3. The van der Waals surface area contributed by atoms with E-state index in [2.05, 4.69) is 5.32 Å². The van der Waals surface area contributed by atoms with Crippen molar-refractivity contribution in [1.82, 2.24) is 5.32 Å². The van der Waals surface area contributed by atoms with Crippen LogP contribution in [0.4, 0.5) is 10.5 Å². The van der Waals surface area contributed by atoms with Gasteiger partial charge >= 0.3 is 6.03 Å². The van der Waals surface area contributed by atoms with Crippen molar-refractivity contribution in [2.75, 3.05) is 11.9 Å². The van der Waals surface area contributed by atoms with Crippen LogP contribution >= 0.6 is 23.2 Å². The van der Waals surface area contributed by atoms with Gasteiger partial charge in [-0.05, 0) is 28.8 Å². The molecule has 5 nitrogen and oxygen atoms in total. The van der Waals surface area contributed by atoms with Gasteiger partial charge in [0.15, 0.2) is 0 Å². The minimum atomic E-state index is -0.722. The number of nitrogens with two attached hydrogens (primary N) is 1. The third-order valence-corrected chi connectivity index (χ3v) is 5.06. The van der Waals surface area contributed by atoms with Crippen LogP contribution in [0.25, 0.3) is 0 Å². The lowest BCUT2D eigenvalue weighted by atomic mass is 9.92. The minimum absolute atomic E-state index is 0.228. The summed E-state index contributed by atoms with van der Waals surface area (Å²) in [6, 6.07) is 9.80. The predicted molar refractivity (Wildman–Crippen MR) is 99.3 cm³/mol. The van der Waals surface area contributed by atoms with Crippen molar-refractivity contribution >= 4 is 40.8 Å². The predicted octanol–water partition coefficient (Wildman–Crippen LogP) is 3.14. The number of benzene rings is 2. The van der Waals surface area contributed by atoms with Crippen LogP contribution in [0, 0.1) is 0 Å². The van der Waals surface area contributed by atoms with Gasteiger partial charge < -0.3 is 16.0 Å². The van der Waals surface area contributed by atoms with Crippen molar-refractivity contribution in [3.63, 3.8) is 0 Å². The molecule has 0 bridgehead atoms. The third kappa shape index (κ3) is 3.43. The van der Waals surface area contributed by atoms with E-state index >= 15 is 0 Å². The molecule has 1 aliphatic heterocycles. The third-order valence-electron chi connectivity index (χ3n) is 4.34. The number of amides is 3. The minimum Gasteiger partial charge on any atom is -0.352 e. The number of nitrogens with one attached hydrogen (secondary N) is 1. The molecule has 0 saturated heterocycles. The maximum absolute atomic E-state index is 12.6. The first-order valence-electron chi connectivity index (χ1n) is 7.75. The molecule has 1 atom stereocenters. The molecule has 7 heteroatoms. The number of urea groups is 1. The van der Waals surface area contributed by atoms with E-state index in [0.717, 1.165) is 22.4 Å². The Morgan fingerprint density at radius 2 is 1.96 bits per heavy atom. The Morgan fingerprint density at radius 3 is 2.64 bits per heavy atom. The van der Waals surface area contributed by atoms with Crippen LogP contribution in [0.2, 0.25) is 10.0 Å². The van der Waals surface area contributed by atoms with Crippen LogP contribution in [0.5, 0.6) is 0 Å². The number of halogens is 2. The standard InChI is InChI=1S/C18H17Cl2N3O2/c1-23-16-11(9-15(17(23)24)22-18(21)25)6-7-14(20)12(16)8-10-4-2-3-5-13(10)19/h2-7,15H,8-9H2,1H3,(H3,21,22,25)/t15-/m1/s1. The van der Waals surface area contributed by atoms with E-state index in [-0.39, 0.29) is 5.91 Å². The van der Waals surface area contributed by atoms with Crippen LogP contribution in [0.1, 0.15) is 16.7 Å². The fraction of sp³-hybridized carbons (Fsp3) is 0.222. The molecule has 0 saturated carbocycles. The average Bonchev–Trinajstić information content (AvgIpc) is 2.56. The Labute approximate surface area is 155 Å². The van der Waals surface area contributed by atoms with Crippen LogP contribution < -0.4 is 16.0 Å². The normalized spacial score (nSPS) is 16.5. The van der Waals surface area contributed by atoms with Crippen LogP contribution in [0.15, 0.2) is 36.4 Å². The quantitative estimate of drug-likeness (QED) is 0.861. The summed E-state index contributed by atoms with van der Waals surface area (Å²) in [4.78, 5) is 25.3. The maximum atomic E-state index is 12.6. The van der Waals surface area contributed by atoms with E-state index in [1.54, 1.807) is 13.1 Å². The largest absolute Gasteiger partial charge is 0.352 e. The van der Waals surface area contributed by atoms with Gasteiger partial charge in [0.25, 0.3) is 0 Å². The SMILES string of the molecule is CN1C(=O)[C@H](NC(N)=O)Cc2ccc(Cl)c(Cc3ccccc3Cl)c21. The zero-order valence-electron chi connectivity index (χ0n) is 13.6. The van der Waals surface area contributed by atoms with Gasteiger partial charge in [-0.3, -0.25) is 4.79 Å². The number of hydrogen-bond donors (Lipinski definition) is 2. The fourth-order valence-corrected chi connectivity index (χ4v) is 3.60. The molecule has 0 radical (unpaired) electrons. The Balaban J connectivity index is 2.04. The molecule has 130 valence electrons. The van der Waals surface area contributed by atoms with E-state index in [9.17, 15) is 9.59 Å². The number of fused-ring (bicyclic) bond motifs is 1. The number of likely N-dealkylation sites (N-methyl/N-ethyl adjacent to an activating group) is 1. The van der Waals surface area contributed by atoms with Crippen molar-refractivity contribution < 1.29 is 9.59 Å². The van der Waals surface area contributed by atoms with Gasteiger partial charge in [-0.25, -0.2) is 4.79 Å². The fourth-order valence-electron chi connectivity index (χ4n) is 3.18. The highest BCUT2D eigenvalue weighted by Gasteiger charge is 2.33. The Kier molecular flexibility index (Phi) is 4.88. The highest BCUT2D eigenvalue weighted by atomic mass is 35.5. The van der Waals surface area contributed by atoms with E-state index in [0.29, 0.717) is 22.9 Å². The maximum Gasteiger partial charge on any atom is 0.312 e. The van der Waals surface area contributed by atoms with E-state index in [1.165, 1.54) is 4.90 Å². The number of anilines is 1. The van der Waals surface area contributed by atoms with E-state index in [4.69, 9.17) is 28.9 Å². The molecule has 3 N–H and O–H groups in total. The summed E-state index contributed by atoms with van der Waals surface area (Å²) < 4.78 is 0. The van der Waals surface area contributed by atoms with Gasteiger partial charge in [0.2, 0.25) is 5.91 Å². The molecule has 1 aliphatic rings. The van der Waals surface area contributed by atoms with Crippen molar-refractivity contribution in [1.29, 1.82) is 0 Å². The van der Waals surface area contributed by atoms with Gasteiger partial charge in [0.1, 0.15) is 6.04 Å². The second-order valence-electron chi connectivity index (χ2n) is 5.96. The average molecular weight is 378 g/mol. The summed E-state index contributed by atoms with van der Waals surface area (Å²) in [7, 11) is 1.67. The molecule has 25 heavy (non-hydrogen) atoms. The summed E-state index contributed by atoms with van der Waals surface area (Å²) in [6.45, 7) is 0. The van der Waals surface area contributed by atoms with Gasteiger partial charge in [-0.1, -0.05) is 47.5 Å². The molecule has 0 fully saturated rings. The zero-order chi connectivity index (χ0) is 18.1. The highest BCUT2D eigenvalue weighted by Crippen LogP contribution is 2.37. The van der Waals surface area contributed by atoms with Crippen molar-refractivity contribution in [2.45, 2.75) is 18.9 Å². The highest BCUT2D eigenvalue weighted by molar-refractivity contribution is 6.32. The molecule has 0 spiro atoms. The molecule has 0 unspecified atom stereocenters. The monoisotopic (exact) mass is 377 g/mol. The Morgan fingerprint density at radius 1 is 1.24 bits per heavy atom. The first kappa shape index (κ1) is 17.6. The van der Waals surface area contributed by atoms with Crippen LogP contribution in [0.3, 0.4) is 0 Å². The summed E-state index contributed by atoms with van der Waals surface area (Å²) >= 11 is 12.7. The molecule has 2 aromatic rings. The number of carbonyl (C=O) groups excluding carboxylic acids is 2. The van der Waals surface area contributed by atoms with Crippen molar-refractivity contribution in [3.8, 4) is 0 Å². The smallest absolute Gasteiger partial charge is 0.312 e. The van der Waals surface area contributed by atoms with Gasteiger partial charge in [0, 0.05) is 29.9 Å². The second-order valence-corrected chi connectivity index (χ2v) is 6.78. The molecule has 3 rings (SSSR count). The first-order chi connectivity index (χ1) is 11.9. The Hall–Kier alpha value is -2.24. The molecule has 3 amide bonds. The molecular formula is C18H17Cl2N3O2. The molecule has 0 aliphatic carbocycles. The lowest BCUT2D eigenvalue weighted by Crippen LogP contribution is -2.53. The number of primary amides is 1. The number of carbonyl (C=O) groups is 2. The molecule has 1 heterocycles. The molecule has 0 aromatic heterocycles. The van der Waals surface area contributed by atoms with Crippen molar-refractivity contribution in [3.05, 3.63) is 63.1 Å². The van der Waals surface area contributed by atoms with E-state index in [1.807, 2.05) is 30.3 Å². The van der Waals surface area contributed by atoms with Gasteiger partial charge in [-0.2, -0.15) is 0 Å². The summed E-state index contributed by atoms with van der Waals surface area (Å²) in [5, 5.41) is 3.71. The lowest BCUT2D eigenvalue weighted by Gasteiger charge is -2.33. The van der Waals surface area contributed by atoms with Gasteiger partial charge in [0.05, 0.1) is 5.69 Å². The first-order valence-corrected chi connectivity index (χ1v) is 8.51. The Bertz CT molecular complexity index is 854.